The summed E-state index contributed by atoms with van der Waals surface area (Å²) in [4.78, 5) is 4.38. The molecule has 0 radical (unpaired) electrons. The van der Waals surface area contributed by atoms with Crippen LogP contribution in [0, 0.1) is 0 Å². The molecule has 0 unspecified atom stereocenters. The molecule has 0 aliphatic heterocycles. The Balaban J connectivity index is 1.58. The minimum atomic E-state index is 0.259. The number of aromatic nitrogens is 4. The van der Waals surface area contributed by atoms with Crippen LogP contribution in [-0.4, -0.2) is 20.3 Å². The molecule has 22 heavy (non-hydrogen) atoms. The second-order valence-electron chi connectivity index (χ2n) is 4.75. The van der Waals surface area contributed by atoms with Crippen LogP contribution in [-0.2, 0) is 6.61 Å². The van der Waals surface area contributed by atoms with Gasteiger partial charge in [-0.15, -0.1) is 0 Å². The molecule has 1 N–H and O–H groups in total. The first-order chi connectivity index (χ1) is 10.9. The van der Waals surface area contributed by atoms with E-state index in [4.69, 9.17) is 9.26 Å². The van der Waals surface area contributed by atoms with Crippen molar-refractivity contribution in [1.29, 1.82) is 0 Å². The maximum absolute atomic E-state index is 5.61. The topological polar surface area (TPSA) is 76.8 Å². The zero-order chi connectivity index (χ0) is 14.8. The van der Waals surface area contributed by atoms with Crippen LogP contribution in [0.25, 0.3) is 22.4 Å². The number of nitrogens with zero attached hydrogens (tertiary/aromatic N) is 3. The molecule has 0 spiro atoms. The van der Waals surface area contributed by atoms with Gasteiger partial charge in [-0.1, -0.05) is 29.4 Å². The summed E-state index contributed by atoms with van der Waals surface area (Å²) in [7, 11) is 0. The molecule has 108 valence electrons. The molecule has 4 rings (SSSR count). The van der Waals surface area contributed by atoms with Gasteiger partial charge in [0.25, 0.3) is 5.89 Å². The van der Waals surface area contributed by atoms with Gasteiger partial charge >= 0.3 is 0 Å². The Bertz CT molecular complexity index is 899. The van der Waals surface area contributed by atoms with Crippen molar-refractivity contribution in [1.82, 2.24) is 20.3 Å². The van der Waals surface area contributed by atoms with Crippen LogP contribution in [0.1, 0.15) is 5.82 Å². The van der Waals surface area contributed by atoms with E-state index in [2.05, 4.69) is 20.3 Å². The molecule has 6 nitrogen and oxygen atoms in total. The summed E-state index contributed by atoms with van der Waals surface area (Å²) in [5.41, 5.74) is 1.78. The first kappa shape index (κ1) is 12.6. The zero-order valence-electron chi connectivity index (χ0n) is 11.6. The number of para-hydroxylation sites is 1. The molecule has 4 aromatic rings. The van der Waals surface area contributed by atoms with E-state index in [1.165, 1.54) is 0 Å². The van der Waals surface area contributed by atoms with Gasteiger partial charge in [0.1, 0.15) is 5.75 Å². The van der Waals surface area contributed by atoms with E-state index in [-0.39, 0.29) is 6.61 Å². The quantitative estimate of drug-likeness (QED) is 0.625. The summed E-state index contributed by atoms with van der Waals surface area (Å²) in [6.45, 7) is 0.259. The van der Waals surface area contributed by atoms with Crippen LogP contribution in [0.4, 0.5) is 0 Å². The fraction of sp³-hybridized carbons (Fsp3) is 0.0625. The summed E-state index contributed by atoms with van der Waals surface area (Å²) in [6.07, 6.45) is 1.75. The van der Waals surface area contributed by atoms with Gasteiger partial charge < -0.3 is 9.26 Å². The van der Waals surface area contributed by atoms with Crippen LogP contribution in [0.5, 0.6) is 5.75 Å². The van der Waals surface area contributed by atoms with Crippen molar-refractivity contribution < 1.29 is 9.26 Å². The Morgan fingerprint density at radius 2 is 1.95 bits per heavy atom. The third-order valence-corrected chi connectivity index (χ3v) is 3.29. The fourth-order valence-electron chi connectivity index (χ4n) is 2.24. The fourth-order valence-corrected chi connectivity index (χ4v) is 2.24. The number of fused-ring (bicyclic) bond motifs is 1. The number of nitrogens with one attached hydrogen (secondary N) is 1. The lowest BCUT2D eigenvalue weighted by molar-refractivity contribution is 0.287. The van der Waals surface area contributed by atoms with Crippen LogP contribution >= 0.6 is 0 Å². The highest BCUT2D eigenvalue weighted by Gasteiger charge is 2.13. The van der Waals surface area contributed by atoms with Crippen molar-refractivity contribution in [2.24, 2.45) is 0 Å². The van der Waals surface area contributed by atoms with Gasteiger partial charge in [0.05, 0.1) is 17.3 Å². The minimum Gasteiger partial charge on any atom is -0.485 e. The Labute approximate surface area is 125 Å². The SMILES string of the molecule is c1ccc(OCc2noc(-c3cccc4[nH]ncc34)n2)cc1. The molecule has 2 aromatic carbocycles. The average Bonchev–Trinajstić information content (AvgIpc) is 3.22. The lowest BCUT2D eigenvalue weighted by Gasteiger charge is -2.01. The predicted octanol–water partition coefficient (Wildman–Crippen LogP) is 3.19. The van der Waals surface area contributed by atoms with E-state index in [1.54, 1.807) is 6.20 Å². The molecule has 6 heteroatoms. The number of aromatic amines is 1. The monoisotopic (exact) mass is 292 g/mol. The van der Waals surface area contributed by atoms with Gasteiger partial charge in [-0.3, -0.25) is 5.10 Å². The molecule has 2 heterocycles. The predicted molar refractivity (Wildman–Crippen MR) is 80.2 cm³/mol. The van der Waals surface area contributed by atoms with Gasteiger partial charge in [0.15, 0.2) is 6.61 Å². The smallest absolute Gasteiger partial charge is 0.258 e. The molecule has 2 aromatic heterocycles. The van der Waals surface area contributed by atoms with E-state index in [0.29, 0.717) is 11.7 Å². The molecule has 0 bridgehead atoms. The molecule has 0 aliphatic rings. The first-order valence-electron chi connectivity index (χ1n) is 6.83. The summed E-state index contributed by atoms with van der Waals surface area (Å²) >= 11 is 0. The number of ether oxygens (including phenoxy) is 1. The standard InChI is InChI=1S/C16H12N4O2/c1-2-5-11(6-3-1)21-10-15-18-16(22-20-15)12-7-4-8-14-13(12)9-17-19-14/h1-9H,10H2,(H,17,19). The summed E-state index contributed by atoms with van der Waals surface area (Å²) in [6, 6.07) is 15.3. The number of hydrogen-bond donors (Lipinski definition) is 1. The van der Waals surface area contributed by atoms with Crippen molar-refractivity contribution in [3.05, 3.63) is 60.6 Å². The van der Waals surface area contributed by atoms with E-state index >= 15 is 0 Å². The molecule has 0 atom stereocenters. The highest BCUT2D eigenvalue weighted by molar-refractivity contribution is 5.91. The van der Waals surface area contributed by atoms with Gasteiger partial charge in [-0.2, -0.15) is 10.1 Å². The lowest BCUT2D eigenvalue weighted by atomic mass is 10.1. The molecular formula is C16H12N4O2. The van der Waals surface area contributed by atoms with Crippen molar-refractivity contribution in [2.75, 3.05) is 0 Å². The van der Waals surface area contributed by atoms with Crippen molar-refractivity contribution in [3.63, 3.8) is 0 Å². The van der Waals surface area contributed by atoms with Crippen LogP contribution in [0.15, 0.2) is 59.3 Å². The van der Waals surface area contributed by atoms with Crippen LogP contribution < -0.4 is 4.74 Å². The van der Waals surface area contributed by atoms with E-state index in [1.807, 2.05) is 48.5 Å². The Kier molecular flexibility index (Phi) is 3.05. The molecule has 0 saturated carbocycles. The third kappa shape index (κ3) is 2.31. The number of hydrogen-bond acceptors (Lipinski definition) is 5. The van der Waals surface area contributed by atoms with Gasteiger partial charge in [0.2, 0.25) is 5.82 Å². The van der Waals surface area contributed by atoms with Crippen LogP contribution in [0.2, 0.25) is 0 Å². The largest absolute Gasteiger partial charge is 0.485 e. The Morgan fingerprint density at radius 1 is 1.05 bits per heavy atom. The van der Waals surface area contributed by atoms with Crippen LogP contribution in [0.3, 0.4) is 0 Å². The summed E-state index contributed by atoms with van der Waals surface area (Å²) in [5.74, 6) is 1.73. The second-order valence-corrected chi connectivity index (χ2v) is 4.75. The van der Waals surface area contributed by atoms with Gasteiger partial charge in [-0.25, -0.2) is 0 Å². The van der Waals surface area contributed by atoms with E-state index in [0.717, 1.165) is 22.2 Å². The van der Waals surface area contributed by atoms with Gasteiger partial charge in [0, 0.05) is 5.39 Å². The van der Waals surface area contributed by atoms with E-state index < -0.39 is 0 Å². The van der Waals surface area contributed by atoms with E-state index in [9.17, 15) is 0 Å². The molecular weight excluding hydrogens is 280 g/mol. The zero-order valence-corrected chi connectivity index (χ0v) is 11.6. The normalized spacial score (nSPS) is 10.9. The third-order valence-electron chi connectivity index (χ3n) is 3.29. The van der Waals surface area contributed by atoms with Gasteiger partial charge in [-0.05, 0) is 24.3 Å². The molecule has 0 saturated heterocycles. The maximum Gasteiger partial charge on any atom is 0.258 e. The van der Waals surface area contributed by atoms with Crippen molar-refractivity contribution in [3.8, 4) is 17.2 Å². The highest BCUT2D eigenvalue weighted by Crippen LogP contribution is 2.26. The minimum absolute atomic E-state index is 0.259. The summed E-state index contributed by atoms with van der Waals surface area (Å²) < 4.78 is 10.9. The Hall–Kier alpha value is -3.15. The lowest BCUT2D eigenvalue weighted by Crippen LogP contribution is -1.97. The first-order valence-corrected chi connectivity index (χ1v) is 6.83. The Morgan fingerprint density at radius 3 is 2.86 bits per heavy atom. The molecule has 0 aliphatic carbocycles. The number of benzene rings is 2. The average molecular weight is 292 g/mol. The molecule has 0 amide bonds. The molecule has 0 fully saturated rings. The maximum atomic E-state index is 5.61. The second kappa shape index (κ2) is 5.33. The number of H-pyrrole nitrogens is 1. The number of rotatable bonds is 4. The summed E-state index contributed by atoms with van der Waals surface area (Å²) in [5, 5.41) is 11.9. The highest BCUT2D eigenvalue weighted by atomic mass is 16.5. The van der Waals surface area contributed by atoms with Crippen molar-refractivity contribution >= 4 is 10.9 Å². The van der Waals surface area contributed by atoms with Crippen molar-refractivity contribution in [2.45, 2.75) is 6.61 Å².